The summed E-state index contributed by atoms with van der Waals surface area (Å²) >= 11 is 1.34. The average molecular weight is 410 g/mol. The molecule has 2 N–H and O–H groups in total. The molecule has 3 rings (SSSR count). The minimum atomic E-state index is -0.298. The second-order valence-corrected chi connectivity index (χ2v) is 7.48. The number of anilines is 2. The summed E-state index contributed by atoms with van der Waals surface area (Å²) in [6, 6.07) is 14.5. The number of carbonyl (C=O) groups is 2. The molecule has 1 aromatic heterocycles. The number of thiazole rings is 1. The van der Waals surface area contributed by atoms with Crippen molar-refractivity contribution in [3.8, 4) is 5.75 Å². The first-order valence-electron chi connectivity index (χ1n) is 9.38. The largest absolute Gasteiger partial charge is 0.484 e. The van der Waals surface area contributed by atoms with Crippen LogP contribution in [0.4, 0.5) is 10.8 Å². The number of nitrogens with zero attached hydrogens (tertiary/aromatic N) is 1. The summed E-state index contributed by atoms with van der Waals surface area (Å²) in [6.45, 7) is 4.21. The zero-order valence-electron chi connectivity index (χ0n) is 16.3. The highest BCUT2D eigenvalue weighted by Crippen LogP contribution is 2.21. The van der Waals surface area contributed by atoms with Gasteiger partial charge in [0.2, 0.25) is 0 Å². The molecular weight excluding hydrogens is 386 g/mol. The van der Waals surface area contributed by atoms with E-state index in [1.165, 1.54) is 16.9 Å². The Kier molecular flexibility index (Phi) is 6.97. The van der Waals surface area contributed by atoms with Crippen molar-refractivity contribution in [1.29, 1.82) is 0 Å². The molecule has 2 aromatic carbocycles. The van der Waals surface area contributed by atoms with Crippen LogP contribution in [0.5, 0.6) is 5.75 Å². The van der Waals surface area contributed by atoms with Gasteiger partial charge in [0.15, 0.2) is 11.7 Å². The number of aromatic nitrogens is 1. The number of rotatable bonds is 8. The lowest BCUT2D eigenvalue weighted by molar-refractivity contribution is -0.118. The van der Waals surface area contributed by atoms with Crippen molar-refractivity contribution in [2.24, 2.45) is 0 Å². The highest BCUT2D eigenvalue weighted by atomic mass is 32.1. The van der Waals surface area contributed by atoms with Crippen LogP contribution in [0.2, 0.25) is 0 Å². The lowest BCUT2D eigenvalue weighted by atomic mass is 9.99. The highest BCUT2D eigenvalue weighted by molar-refractivity contribution is 7.13. The third-order valence-electron chi connectivity index (χ3n) is 4.49. The maximum absolute atomic E-state index is 12.3. The van der Waals surface area contributed by atoms with E-state index >= 15 is 0 Å². The van der Waals surface area contributed by atoms with Crippen LogP contribution in [0.3, 0.4) is 0 Å². The van der Waals surface area contributed by atoms with E-state index in [-0.39, 0.29) is 18.4 Å². The van der Waals surface area contributed by atoms with Crippen molar-refractivity contribution < 1.29 is 14.3 Å². The van der Waals surface area contributed by atoms with Crippen LogP contribution in [0, 0.1) is 0 Å². The first kappa shape index (κ1) is 20.5. The van der Waals surface area contributed by atoms with Gasteiger partial charge in [-0.25, -0.2) is 4.98 Å². The van der Waals surface area contributed by atoms with Gasteiger partial charge in [0.1, 0.15) is 5.75 Å². The Bertz CT molecular complexity index is 956. The topological polar surface area (TPSA) is 80.3 Å². The van der Waals surface area contributed by atoms with E-state index in [0.29, 0.717) is 28.0 Å². The van der Waals surface area contributed by atoms with E-state index in [1.807, 2.05) is 24.3 Å². The van der Waals surface area contributed by atoms with E-state index in [2.05, 4.69) is 29.5 Å². The summed E-state index contributed by atoms with van der Waals surface area (Å²) in [5, 5.41) is 7.77. The summed E-state index contributed by atoms with van der Waals surface area (Å²) in [5.41, 5.74) is 2.20. The molecule has 0 aliphatic heterocycles. The molecule has 0 aliphatic rings. The highest BCUT2D eigenvalue weighted by Gasteiger charge is 2.10. The first-order valence-corrected chi connectivity index (χ1v) is 10.3. The molecular formula is C22H23N3O3S. The summed E-state index contributed by atoms with van der Waals surface area (Å²) in [7, 11) is 0. The van der Waals surface area contributed by atoms with Crippen molar-refractivity contribution in [2.45, 2.75) is 26.2 Å². The molecule has 1 heterocycles. The summed E-state index contributed by atoms with van der Waals surface area (Å²) in [5.74, 6) is 0.554. The maximum Gasteiger partial charge on any atom is 0.262 e. The molecule has 3 aromatic rings. The van der Waals surface area contributed by atoms with Crippen molar-refractivity contribution >= 4 is 34.0 Å². The minimum Gasteiger partial charge on any atom is -0.484 e. The van der Waals surface area contributed by atoms with Crippen LogP contribution in [0.1, 0.15) is 42.1 Å². The average Bonchev–Trinajstić information content (AvgIpc) is 3.25. The van der Waals surface area contributed by atoms with Gasteiger partial charge < -0.3 is 10.1 Å². The predicted octanol–water partition coefficient (Wildman–Crippen LogP) is 4.93. The fraction of sp³-hybridized carbons (Fsp3) is 0.227. The number of nitrogens with one attached hydrogen (secondary N) is 2. The Morgan fingerprint density at radius 1 is 1.14 bits per heavy atom. The zero-order chi connectivity index (χ0) is 20.6. The molecule has 0 fully saturated rings. The van der Waals surface area contributed by atoms with Gasteiger partial charge in [-0.05, 0) is 48.2 Å². The van der Waals surface area contributed by atoms with Crippen LogP contribution >= 0.6 is 11.3 Å². The van der Waals surface area contributed by atoms with E-state index in [0.717, 1.165) is 6.42 Å². The Hall–Kier alpha value is -3.19. The minimum absolute atomic E-state index is 0.113. The van der Waals surface area contributed by atoms with Gasteiger partial charge in [0.05, 0.1) is 0 Å². The molecule has 1 atom stereocenters. The number of hydrogen-bond donors (Lipinski definition) is 2. The van der Waals surface area contributed by atoms with E-state index in [4.69, 9.17) is 4.74 Å². The van der Waals surface area contributed by atoms with Gasteiger partial charge in [-0.2, -0.15) is 0 Å². The standard InChI is InChI=1S/C22H23N3O3S/c1-3-15(2)16-7-9-19(10-8-16)28-14-20(26)24-18-6-4-5-17(13-18)21(27)25-22-23-11-12-29-22/h4-13,15H,3,14H2,1-2H3,(H,24,26)(H,23,25,27)/t15-/m0/s1. The number of ether oxygens (including phenoxy) is 1. The molecule has 0 radical (unpaired) electrons. The molecule has 2 amide bonds. The van der Waals surface area contributed by atoms with Gasteiger partial charge in [-0.1, -0.05) is 32.0 Å². The first-order chi connectivity index (χ1) is 14.0. The molecule has 6 nitrogen and oxygen atoms in total. The molecule has 0 bridgehead atoms. The van der Waals surface area contributed by atoms with Gasteiger partial charge in [-0.15, -0.1) is 11.3 Å². The molecule has 0 unspecified atom stereocenters. The van der Waals surface area contributed by atoms with E-state index < -0.39 is 0 Å². The molecule has 7 heteroatoms. The van der Waals surface area contributed by atoms with Crippen molar-refractivity contribution in [2.75, 3.05) is 17.2 Å². The van der Waals surface area contributed by atoms with Crippen LogP contribution in [-0.2, 0) is 4.79 Å². The van der Waals surface area contributed by atoms with Gasteiger partial charge in [0, 0.05) is 22.8 Å². The fourth-order valence-electron chi connectivity index (χ4n) is 2.67. The van der Waals surface area contributed by atoms with Gasteiger partial charge >= 0.3 is 0 Å². The maximum atomic E-state index is 12.3. The van der Waals surface area contributed by atoms with Crippen LogP contribution in [0.15, 0.2) is 60.1 Å². The second-order valence-electron chi connectivity index (χ2n) is 6.59. The molecule has 150 valence electrons. The monoisotopic (exact) mass is 409 g/mol. The van der Waals surface area contributed by atoms with E-state index in [1.54, 1.807) is 35.8 Å². The SMILES string of the molecule is CC[C@H](C)c1ccc(OCC(=O)Nc2cccc(C(=O)Nc3nccs3)c2)cc1. The summed E-state index contributed by atoms with van der Waals surface area (Å²) in [6.07, 6.45) is 2.69. The second kappa shape index (κ2) is 9.84. The van der Waals surface area contributed by atoms with E-state index in [9.17, 15) is 9.59 Å². The smallest absolute Gasteiger partial charge is 0.262 e. The third-order valence-corrected chi connectivity index (χ3v) is 5.18. The fourth-order valence-corrected chi connectivity index (χ4v) is 3.19. The zero-order valence-corrected chi connectivity index (χ0v) is 17.2. The Morgan fingerprint density at radius 2 is 1.93 bits per heavy atom. The van der Waals surface area contributed by atoms with Crippen molar-refractivity contribution in [1.82, 2.24) is 4.98 Å². The molecule has 0 saturated carbocycles. The van der Waals surface area contributed by atoms with Crippen LogP contribution < -0.4 is 15.4 Å². The predicted molar refractivity (Wildman–Crippen MR) is 116 cm³/mol. The lowest BCUT2D eigenvalue weighted by Crippen LogP contribution is -2.20. The molecule has 29 heavy (non-hydrogen) atoms. The summed E-state index contributed by atoms with van der Waals surface area (Å²) in [4.78, 5) is 28.5. The quantitative estimate of drug-likeness (QED) is 0.553. The summed E-state index contributed by atoms with van der Waals surface area (Å²) < 4.78 is 5.56. The van der Waals surface area contributed by atoms with Crippen LogP contribution in [-0.4, -0.2) is 23.4 Å². The third kappa shape index (κ3) is 5.89. The van der Waals surface area contributed by atoms with Crippen molar-refractivity contribution in [3.63, 3.8) is 0 Å². The van der Waals surface area contributed by atoms with Gasteiger partial charge in [0.25, 0.3) is 11.8 Å². The number of carbonyl (C=O) groups excluding carboxylic acids is 2. The molecule has 0 aliphatic carbocycles. The number of amides is 2. The Labute approximate surface area is 173 Å². The Balaban J connectivity index is 1.53. The van der Waals surface area contributed by atoms with Crippen molar-refractivity contribution in [3.05, 3.63) is 71.2 Å². The number of benzene rings is 2. The molecule has 0 saturated heterocycles. The molecule has 0 spiro atoms. The van der Waals surface area contributed by atoms with Gasteiger partial charge in [-0.3, -0.25) is 14.9 Å². The van der Waals surface area contributed by atoms with Crippen LogP contribution in [0.25, 0.3) is 0 Å². The number of hydrogen-bond acceptors (Lipinski definition) is 5. The normalized spacial score (nSPS) is 11.5. The Morgan fingerprint density at radius 3 is 2.62 bits per heavy atom. The lowest BCUT2D eigenvalue weighted by Gasteiger charge is -2.11.